The minimum absolute atomic E-state index is 0.581. The van der Waals surface area contributed by atoms with Gasteiger partial charge in [-0.2, -0.15) is 0 Å². The fraction of sp³-hybridized carbons (Fsp3) is 0.200. The molecular weight excluding hydrogens is 344 g/mol. The molecule has 0 aliphatic heterocycles. The zero-order valence-electron chi connectivity index (χ0n) is 11.1. The lowest BCUT2D eigenvalue weighted by Gasteiger charge is -2.15. The van der Waals surface area contributed by atoms with Gasteiger partial charge in [0.15, 0.2) is 11.5 Å². The number of methoxy groups -OCH3 is 2. The molecule has 0 amide bonds. The molecule has 2 aromatic rings. The van der Waals surface area contributed by atoms with Crippen molar-refractivity contribution in [3.8, 4) is 11.5 Å². The highest BCUT2D eigenvalue weighted by Crippen LogP contribution is 2.33. The number of benzene rings is 2. The lowest BCUT2D eigenvalue weighted by atomic mass is 10.0. The first-order valence-corrected chi connectivity index (χ1v) is 7.09. The molecule has 20 heavy (non-hydrogen) atoms. The standard InChI is InChI=1S/C15H14BrClO3/c1-19-13-6-4-10(8-14(13)20-2)15(18)9-3-5-12(17)11(16)7-9/h3-8,15,18H,1-2H3. The summed E-state index contributed by atoms with van der Waals surface area (Å²) in [6.45, 7) is 0. The van der Waals surface area contributed by atoms with Gasteiger partial charge in [-0.1, -0.05) is 23.7 Å². The van der Waals surface area contributed by atoms with Gasteiger partial charge in [0.2, 0.25) is 0 Å². The van der Waals surface area contributed by atoms with E-state index in [0.29, 0.717) is 16.5 Å². The van der Waals surface area contributed by atoms with Crippen LogP contribution in [0.2, 0.25) is 5.02 Å². The average Bonchev–Trinajstić information content (AvgIpc) is 2.48. The number of aliphatic hydroxyl groups excluding tert-OH is 1. The van der Waals surface area contributed by atoms with Crippen molar-refractivity contribution in [2.24, 2.45) is 0 Å². The fourth-order valence-corrected chi connectivity index (χ4v) is 2.41. The summed E-state index contributed by atoms with van der Waals surface area (Å²) in [6.07, 6.45) is -0.761. The van der Waals surface area contributed by atoms with Crippen LogP contribution in [0.15, 0.2) is 40.9 Å². The van der Waals surface area contributed by atoms with E-state index in [1.807, 2.05) is 0 Å². The van der Waals surface area contributed by atoms with E-state index >= 15 is 0 Å². The van der Waals surface area contributed by atoms with Crippen LogP contribution in [-0.2, 0) is 0 Å². The molecule has 0 heterocycles. The predicted molar refractivity (Wildman–Crippen MR) is 82.8 cm³/mol. The zero-order chi connectivity index (χ0) is 14.7. The summed E-state index contributed by atoms with van der Waals surface area (Å²) < 4.78 is 11.2. The molecule has 1 unspecified atom stereocenters. The third-order valence-corrected chi connectivity index (χ3v) is 4.20. The predicted octanol–water partition coefficient (Wildman–Crippen LogP) is 4.20. The smallest absolute Gasteiger partial charge is 0.161 e. The molecule has 0 fully saturated rings. The Balaban J connectivity index is 2.37. The van der Waals surface area contributed by atoms with Crippen LogP contribution in [0, 0.1) is 0 Å². The first kappa shape index (κ1) is 15.2. The van der Waals surface area contributed by atoms with Crippen LogP contribution in [-0.4, -0.2) is 19.3 Å². The molecular formula is C15H14BrClO3. The van der Waals surface area contributed by atoms with Crippen molar-refractivity contribution < 1.29 is 14.6 Å². The molecule has 106 valence electrons. The van der Waals surface area contributed by atoms with Crippen molar-refractivity contribution >= 4 is 27.5 Å². The number of hydrogen-bond donors (Lipinski definition) is 1. The lowest BCUT2D eigenvalue weighted by Crippen LogP contribution is -2.01. The molecule has 0 aromatic heterocycles. The van der Waals surface area contributed by atoms with Crippen LogP contribution in [0.25, 0.3) is 0 Å². The van der Waals surface area contributed by atoms with Gasteiger partial charge in [-0.25, -0.2) is 0 Å². The van der Waals surface area contributed by atoms with E-state index in [0.717, 1.165) is 15.6 Å². The van der Waals surface area contributed by atoms with Gasteiger partial charge in [0.25, 0.3) is 0 Å². The number of ether oxygens (including phenoxy) is 2. The fourth-order valence-electron chi connectivity index (χ4n) is 1.90. The van der Waals surface area contributed by atoms with Crippen molar-refractivity contribution in [1.29, 1.82) is 0 Å². The quantitative estimate of drug-likeness (QED) is 0.891. The molecule has 3 nitrogen and oxygen atoms in total. The molecule has 1 N–H and O–H groups in total. The Morgan fingerprint density at radius 1 is 1.00 bits per heavy atom. The highest BCUT2D eigenvalue weighted by molar-refractivity contribution is 9.10. The molecule has 2 aromatic carbocycles. The van der Waals surface area contributed by atoms with E-state index in [9.17, 15) is 5.11 Å². The van der Waals surface area contributed by atoms with E-state index in [4.69, 9.17) is 21.1 Å². The molecule has 0 saturated heterocycles. The Labute approximate surface area is 131 Å². The molecule has 5 heteroatoms. The molecule has 0 aliphatic carbocycles. The molecule has 0 aliphatic rings. The van der Waals surface area contributed by atoms with Gasteiger partial charge >= 0.3 is 0 Å². The van der Waals surface area contributed by atoms with E-state index < -0.39 is 6.10 Å². The van der Waals surface area contributed by atoms with Crippen LogP contribution in [0.5, 0.6) is 11.5 Å². The van der Waals surface area contributed by atoms with Crippen LogP contribution in [0.4, 0.5) is 0 Å². The largest absolute Gasteiger partial charge is 0.493 e. The number of aliphatic hydroxyl groups is 1. The van der Waals surface area contributed by atoms with Crippen LogP contribution in [0.1, 0.15) is 17.2 Å². The van der Waals surface area contributed by atoms with Gasteiger partial charge in [-0.3, -0.25) is 0 Å². The minimum atomic E-state index is -0.761. The van der Waals surface area contributed by atoms with Crippen molar-refractivity contribution in [2.75, 3.05) is 14.2 Å². The van der Waals surface area contributed by atoms with Crippen molar-refractivity contribution in [1.82, 2.24) is 0 Å². The van der Waals surface area contributed by atoms with Crippen molar-refractivity contribution in [3.63, 3.8) is 0 Å². The second kappa shape index (κ2) is 6.48. The number of rotatable bonds is 4. The lowest BCUT2D eigenvalue weighted by molar-refractivity contribution is 0.219. The summed E-state index contributed by atoms with van der Waals surface area (Å²) in [5, 5.41) is 11.0. The molecule has 0 radical (unpaired) electrons. The van der Waals surface area contributed by atoms with Gasteiger partial charge < -0.3 is 14.6 Å². The average molecular weight is 358 g/mol. The SMILES string of the molecule is COc1ccc(C(O)c2ccc(Cl)c(Br)c2)cc1OC. The van der Waals surface area contributed by atoms with Gasteiger partial charge in [0.1, 0.15) is 6.10 Å². The van der Waals surface area contributed by atoms with Gasteiger partial charge in [0, 0.05) is 4.47 Å². The van der Waals surface area contributed by atoms with Gasteiger partial charge in [0.05, 0.1) is 19.2 Å². The van der Waals surface area contributed by atoms with E-state index in [-0.39, 0.29) is 0 Å². The molecule has 1 atom stereocenters. The van der Waals surface area contributed by atoms with Crippen molar-refractivity contribution in [2.45, 2.75) is 6.10 Å². The van der Waals surface area contributed by atoms with E-state index in [2.05, 4.69) is 15.9 Å². The maximum atomic E-state index is 10.4. The Hall–Kier alpha value is -1.23. The first-order valence-electron chi connectivity index (χ1n) is 5.91. The summed E-state index contributed by atoms with van der Waals surface area (Å²) in [4.78, 5) is 0. The number of halogens is 2. The maximum absolute atomic E-state index is 10.4. The summed E-state index contributed by atoms with van der Waals surface area (Å²) in [5.74, 6) is 1.21. The first-order chi connectivity index (χ1) is 9.56. The molecule has 0 bridgehead atoms. The minimum Gasteiger partial charge on any atom is -0.493 e. The zero-order valence-corrected chi connectivity index (χ0v) is 13.4. The number of hydrogen-bond acceptors (Lipinski definition) is 3. The van der Waals surface area contributed by atoms with Gasteiger partial charge in [-0.05, 0) is 51.3 Å². The molecule has 2 rings (SSSR count). The normalized spacial score (nSPS) is 12.1. The molecule has 0 spiro atoms. The monoisotopic (exact) mass is 356 g/mol. The Morgan fingerprint density at radius 2 is 1.60 bits per heavy atom. The van der Waals surface area contributed by atoms with Crippen LogP contribution in [0.3, 0.4) is 0 Å². The van der Waals surface area contributed by atoms with Crippen LogP contribution >= 0.6 is 27.5 Å². The van der Waals surface area contributed by atoms with Crippen LogP contribution < -0.4 is 9.47 Å². The summed E-state index contributed by atoms with van der Waals surface area (Å²) in [5.41, 5.74) is 1.46. The Bertz CT molecular complexity index is 616. The highest BCUT2D eigenvalue weighted by atomic mass is 79.9. The van der Waals surface area contributed by atoms with E-state index in [1.54, 1.807) is 50.6 Å². The second-order valence-electron chi connectivity index (χ2n) is 4.19. The topological polar surface area (TPSA) is 38.7 Å². The Morgan fingerprint density at radius 3 is 2.20 bits per heavy atom. The Kier molecular flexibility index (Phi) is 4.91. The van der Waals surface area contributed by atoms with Crippen molar-refractivity contribution in [3.05, 3.63) is 57.0 Å². The summed E-state index contributed by atoms with van der Waals surface area (Å²) in [6, 6.07) is 10.6. The second-order valence-corrected chi connectivity index (χ2v) is 5.45. The van der Waals surface area contributed by atoms with E-state index in [1.165, 1.54) is 0 Å². The maximum Gasteiger partial charge on any atom is 0.161 e. The third kappa shape index (κ3) is 3.08. The third-order valence-electron chi connectivity index (χ3n) is 2.98. The summed E-state index contributed by atoms with van der Waals surface area (Å²) >= 11 is 9.30. The van der Waals surface area contributed by atoms with Gasteiger partial charge in [-0.15, -0.1) is 0 Å². The molecule has 0 saturated carbocycles. The summed E-state index contributed by atoms with van der Waals surface area (Å²) in [7, 11) is 3.14. The highest BCUT2D eigenvalue weighted by Gasteiger charge is 2.14.